The second-order valence-electron chi connectivity index (χ2n) is 5.86. The number of benzene rings is 1. The third kappa shape index (κ3) is 5.02. The number of nitrogens with one attached hydrogen (secondary N) is 2. The van der Waals surface area contributed by atoms with Gasteiger partial charge in [-0.25, -0.2) is 0 Å². The molecule has 2 atom stereocenters. The van der Waals surface area contributed by atoms with Gasteiger partial charge in [0.1, 0.15) is 0 Å². The lowest BCUT2D eigenvalue weighted by atomic mass is 10.0. The number of hydrogen-bond donors (Lipinski definition) is 2. The van der Waals surface area contributed by atoms with Crippen molar-refractivity contribution in [1.82, 2.24) is 10.6 Å². The van der Waals surface area contributed by atoms with Gasteiger partial charge in [0, 0.05) is 18.5 Å². The first-order valence-corrected chi connectivity index (χ1v) is 7.53. The average molecular weight is 314 g/mol. The van der Waals surface area contributed by atoms with Crippen LogP contribution in [-0.4, -0.2) is 24.5 Å². The van der Waals surface area contributed by atoms with Crippen molar-refractivity contribution >= 4 is 5.91 Å². The van der Waals surface area contributed by atoms with Gasteiger partial charge >= 0.3 is 6.18 Å². The van der Waals surface area contributed by atoms with E-state index in [1.807, 2.05) is 6.92 Å². The molecule has 1 aliphatic rings. The van der Waals surface area contributed by atoms with Crippen LogP contribution in [0.5, 0.6) is 0 Å². The monoisotopic (exact) mass is 314 g/mol. The summed E-state index contributed by atoms with van der Waals surface area (Å²) in [6.45, 7) is 2.82. The molecular formula is C16H21F3N2O. The molecule has 0 aliphatic carbocycles. The summed E-state index contributed by atoms with van der Waals surface area (Å²) in [5, 5.41) is 6.16. The largest absolute Gasteiger partial charge is 0.416 e. The zero-order valence-electron chi connectivity index (χ0n) is 12.5. The van der Waals surface area contributed by atoms with Gasteiger partial charge in [0.05, 0.1) is 5.56 Å². The summed E-state index contributed by atoms with van der Waals surface area (Å²) in [6, 6.07) is 5.22. The Balaban J connectivity index is 1.81. The average Bonchev–Trinajstić information content (AvgIpc) is 2.90. The van der Waals surface area contributed by atoms with Crippen molar-refractivity contribution in [2.45, 2.75) is 50.9 Å². The van der Waals surface area contributed by atoms with Crippen molar-refractivity contribution in [3.05, 3.63) is 35.4 Å². The lowest BCUT2D eigenvalue weighted by molar-refractivity contribution is -0.137. The molecule has 0 aromatic heterocycles. The van der Waals surface area contributed by atoms with E-state index in [2.05, 4.69) is 10.6 Å². The van der Waals surface area contributed by atoms with Gasteiger partial charge in [0.15, 0.2) is 0 Å². The Morgan fingerprint density at radius 3 is 2.59 bits per heavy atom. The van der Waals surface area contributed by atoms with Gasteiger partial charge in [-0.15, -0.1) is 0 Å². The van der Waals surface area contributed by atoms with Crippen molar-refractivity contribution in [1.29, 1.82) is 0 Å². The van der Waals surface area contributed by atoms with E-state index in [-0.39, 0.29) is 18.0 Å². The molecule has 0 spiro atoms. The predicted molar refractivity (Wildman–Crippen MR) is 78.4 cm³/mol. The minimum Gasteiger partial charge on any atom is -0.353 e. The highest BCUT2D eigenvalue weighted by atomic mass is 19.4. The molecule has 2 N–H and O–H groups in total. The molecule has 1 heterocycles. The maximum atomic E-state index is 12.5. The molecule has 122 valence electrons. The maximum Gasteiger partial charge on any atom is 0.416 e. The van der Waals surface area contributed by atoms with E-state index in [0.29, 0.717) is 12.8 Å². The molecule has 0 saturated carbocycles. The standard InChI is InChI=1S/C16H21F3N2O/c1-11(21-15(22)10-14-3-2-8-20-14)9-12-4-6-13(7-5-12)16(17,18)19/h4-7,11,14,20H,2-3,8-10H2,1H3,(H,21,22). The van der Waals surface area contributed by atoms with Crippen molar-refractivity contribution < 1.29 is 18.0 Å². The SMILES string of the molecule is CC(Cc1ccc(C(F)(F)F)cc1)NC(=O)CC1CCCN1. The van der Waals surface area contributed by atoms with Gasteiger partial charge in [0.25, 0.3) is 0 Å². The quantitative estimate of drug-likeness (QED) is 0.877. The van der Waals surface area contributed by atoms with Gasteiger partial charge in [0.2, 0.25) is 5.91 Å². The number of hydrogen-bond acceptors (Lipinski definition) is 2. The molecule has 1 aromatic carbocycles. The summed E-state index contributed by atoms with van der Waals surface area (Å²) >= 11 is 0. The summed E-state index contributed by atoms with van der Waals surface area (Å²) in [7, 11) is 0. The van der Waals surface area contributed by atoms with Crippen LogP contribution in [0.25, 0.3) is 0 Å². The first kappa shape index (κ1) is 16.8. The number of carbonyl (C=O) groups excluding carboxylic acids is 1. The number of alkyl halides is 3. The van der Waals surface area contributed by atoms with Crippen molar-refractivity contribution in [3.63, 3.8) is 0 Å². The van der Waals surface area contributed by atoms with Crippen LogP contribution in [0.3, 0.4) is 0 Å². The second-order valence-corrected chi connectivity index (χ2v) is 5.86. The third-order valence-corrected chi connectivity index (χ3v) is 3.82. The molecule has 2 unspecified atom stereocenters. The number of rotatable bonds is 5. The summed E-state index contributed by atoms with van der Waals surface area (Å²) in [5.74, 6) is -0.0150. The molecule has 0 bridgehead atoms. The summed E-state index contributed by atoms with van der Waals surface area (Å²) in [5.41, 5.74) is 0.125. The van der Waals surface area contributed by atoms with Crippen LogP contribution in [0.1, 0.15) is 37.3 Å². The van der Waals surface area contributed by atoms with E-state index < -0.39 is 11.7 Å². The number of halogens is 3. The molecule has 1 aliphatic heterocycles. The van der Waals surface area contributed by atoms with Crippen LogP contribution in [0, 0.1) is 0 Å². The lowest BCUT2D eigenvalue weighted by Crippen LogP contribution is -2.37. The van der Waals surface area contributed by atoms with Gasteiger partial charge in [-0.3, -0.25) is 4.79 Å². The Labute approximate surface area is 128 Å². The van der Waals surface area contributed by atoms with E-state index in [0.717, 1.165) is 37.1 Å². The summed E-state index contributed by atoms with van der Waals surface area (Å²) in [4.78, 5) is 11.9. The molecule has 22 heavy (non-hydrogen) atoms. The molecule has 1 amide bonds. The summed E-state index contributed by atoms with van der Waals surface area (Å²) < 4.78 is 37.5. The highest BCUT2D eigenvalue weighted by Crippen LogP contribution is 2.29. The normalized spacial score (nSPS) is 19.9. The van der Waals surface area contributed by atoms with E-state index in [1.165, 1.54) is 12.1 Å². The Kier molecular flexibility index (Phi) is 5.45. The van der Waals surface area contributed by atoms with Crippen LogP contribution < -0.4 is 10.6 Å². The predicted octanol–water partition coefficient (Wildman–Crippen LogP) is 2.89. The van der Waals surface area contributed by atoms with Crippen molar-refractivity contribution in [2.75, 3.05) is 6.54 Å². The fraction of sp³-hybridized carbons (Fsp3) is 0.562. The van der Waals surface area contributed by atoms with Crippen molar-refractivity contribution in [3.8, 4) is 0 Å². The van der Waals surface area contributed by atoms with E-state index in [1.54, 1.807) is 0 Å². The van der Waals surface area contributed by atoms with Crippen LogP contribution in [0.15, 0.2) is 24.3 Å². The van der Waals surface area contributed by atoms with E-state index in [4.69, 9.17) is 0 Å². The van der Waals surface area contributed by atoms with Gasteiger partial charge in [-0.1, -0.05) is 12.1 Å². The van der Waals surface area contributed by atoms with Crippen LogP contribution in [-0.2, 0) is 17.4 Å². The van der Waals surface area contributed by atoms with Crippen LogP contribution in [0.4, 0.5) is 13.2 Å². The Hall–Kier alpha value is -1.56. The highest BCUT2D eigenvalue weighted by Gasteiger charge is 2.30. The van der Waals surface area contributed by atoms with Crippen LogP contribution >= 0.6 is 0 Å². The molecule has 0 radical (unpaired) electrons. The fourth-order valence-electron chi connectivity index (χ4n) is 2.72. The Morgan fingerprint density at radius 2 is 2.05 bits per heavy atom. The minimum absolute atomic E-state index is 0.0150. The molecule has 2 rings (SSSR count). The molecule has 1 saturated heterocycles. The first-order valence-electron chi connectivity index (χ1n) is 7.53. The second kappa shape index (κ2) is 7.13. The zero-order valence-corrected chi connectivity index (χ0v) is 12.5. The van der Waals surface area contributed by atoms with Crippen molar-refractivity contribution in [2.24, 2.45) is 0 Å². The Morgan fingerprint density at radius 1 is 1.36 bits per heavy atom. The van der Waals surface area contributed by atoms with Gasteiger partial charge < -0.3 is 10.6 Å². The number of amides is 1. The summed E-state index contributed by atoms with van der Waals surface area (Å²) in [6.07, 6.45) is -1.23. The molecule has 6 heteroatoms. The molecule has 1 aromatic rings. The van der Waals surface area contributed by atoms with Gasteiger partial charge in [-0.2, -0.15) is 13.2 Å². The topological polar surface area (TPSA) is 41.1 Å². The minimum atomic E-state index is -4.31. The van der Waals surface area contributed by atoms with E-state index >= 15 is 0 Å². The zero-order chi connectivity index (χ0) is 16.2. The molecular weight excluding hydrogens is 293 g/mol. The number of carbonyl (C=O) groups is 1. The molecule has 1 fully saturated rings. The molecule has 3 nitrogen and oxygen atoms in total. The van der Waals surface area contributed by atoms with Crippen LogP contribution in [0.2, 0.25) is 0 Å². The fourth-order valence-corrected chi connectivity index (χ4v) is 2.72. The lowest BCUT2D eigenvalue weighted by Gasteiger charge is -2.16. The van der Waals surface area contributed by atoms with Gasteiger partial charge in [-0.05, 0) is 50.4 Å². The Bertz CT molecular complexity index is 493. The smallest absolute Gasteiger partial charge is 0.353 e. The van der Waals surface area contributed by atoms with E-state index in [9.17, 15) is 18.0 Å². The highest BCUT2D eigenvalue weighted by molar-refractivity contribution is 5.76. The third-order valence-electron chi connectivity index (χ3n) is 3.82. The maximum absolute atomic E-state index is 12.5. The first-order chi connectivity index (χ1) is 10.3.